The van der Waals surface area contributed by atoms with E-state index in [9.17, 15) is 0 Å². The van der Waals surface area contributed by atoms with Gasteiger partial charge in [0.25, 0.3) is 0 Å². The van der Waals surface area contributed by atoms with Crippen molar-refractivity contribution in [2.75, 3.05) is 0 Å². The van der Waals surface area contributed by atoms with Gasteiger partial charge in [-0.15, -0.1) is 0 Å². The molecule has 1 nitrogen and oxygen atoms in total. The summed E-state index contributed by atoms with van der Waals surface area (Å²) in [6, 6.07) is 10.4. The van der Waals surface area contributed by atoms with Crippen LogP contribution in [0.15, 0.2) is 34.7 Å². The molecule has 1 aromatic heterocycles. The predicted molar refractivity (Wildman–Crippen MR) is 89.4 cm³/mol. The molecule has 108 valence electrons. The van der Waals surface area contributed by atoms with Crippen LogP contribution in [0.3, 0.4) is 0 Å². The molecule has 0 amide bonds. The molecule has 0 fully saturated rings. The summed E-state index contributed by atoms with van der Waals surface area (Å²) in [4.78, 5) is 0. The standard InChI is InChI=1S/C19H19ClO/c1-18(2)10-19(3,4)15-9-17-13(8-14(15)18)12-7-11(20)5-6-16(12)21-17/h5-9H,10H2,1-4H3. The first-order valence-corrected chi connectivity index (χ1v) is 7.83. The van der Waals surface area contributed by atoms with Gasteiger partial charge in [-0.3, -0.25) is 0 Å². The zero-order valence-corrected chi connectivity index (χ0v) is 13.6. The highest BCUT2D eigenvalue weighted by Gasteiger charge is 2.42. The SMILES string of the molecule is CC1(C)CC(C)(C)c2cc3c(cc21)oc1ccc(Cl)cc13. The fourth-order valence-electron chi connectivity index (χ4n) is 4.21. The summed E-state index contributed by atoms with van der Waals surface area (Å²) >= 11 is 6.15. The van der Waals surface area contributed by atoms with Crippen LogP contribution in [0.4, 0.5) is 0 Å². The van der Waals surface area contributed by atoms with Crippen LogP contribution in [0.1, 0.15) is 45.2 Å². The molecule has 4 rings (SSSR count). The molecule has 2 heteroatoms. The minimum atomic E-state index is 0.198. The molecule has 1 aliphatic carbocycles. The van der Waals surface area contributed by atoms with Crippen molar-refractivity contribution >= 4 is 33.5 Å². The Labute approximate surface area is 129 Å². The van der Waals surface area contributed by atoms with Crippen LogP contribution >= 0.6 is 11.6 Å². The number of hydrogen-bond donors (Lipinski definition) is 0. The largest absolute Gasteiger partial charge is 0.456 e. The Morgan fingerprint density at radius 1 is 0.857 bits per heavy atom. The Balaban J connectivity index is 2.13. The van der Waals surface area contributed by atoms with Crippen molar-refractivity contribution in [1.82, 2.24) is 0 Å². The molecule has 0 atom stereocenters. The molecule has 0 aliphatic heterocycles. The maximum absolute atomic E-state index is 6.15. The van der Waals surface area contributed by atoms with Gasteiger partial charge in [0, 0.05) is 15.8 Å². The fraction of sp³-hybridized carbons (Fsp3) is 0.368. The first kappa shape index (κ1) is 13.2. The number of rotatable bonds is 0. The van der Waals surface area contributed by atoms with E-state index in [2.05, 4.69) is 39.8 Å². The van der Waals surface area contributed by atoms with E-state index >= 15 is 0 Å². The smallest absolute Gasteiger partial charge is 0.135 e. The maximum atomic E-state index is 6.15. The quantitative estimate of drug-likeness (QED) is 0.481. The average Bonchev–Trinajstić information content (AvgIpc) is 2.81. The normalized spacial score (nSPS) is 19.3. The topological polar surface area (TPSA) is 13.1 Å². The van der Waals surface area contributed by atoms with E-state index in [0.29, 0.717) is 0 Å². The third-order valence-corrected chi connectivity index (χ3v) is 5.15. The van der Waals surface area contributed by atoms with E-state index in [4.69, 9.17) is 16.0 Å². The van der Waals surface area contributed by atoms with Crippen molar-refractivity contribution in [3.63, 3.8) is 0 Å². The second-order valence-corrected chi connectivity index (χ2v) is 8.02. The molecule has 3 aromatic rings. The third-order valence-electron chi connectivity index (χ3n) is 4.91. The second-order valence-electron chi connectivity index (χ2n) is 7.58. The van der Waals surface area contributed by atoms with Gasteiger partial charge in [-0.1, -0.05) is 39.3 Å². The van der Waals surface area contributed by atoms with Crippen molar-refractivity contribution in [1.29, 1.82) is 0 Å². The van der Waals surface area contributed by atoms with Gasteiger partial charge >= 0.3 is 0 Å². The monoisotopic (exact) mass is 298 g/mol. The summed E-state index contributed by atoms with van der Waals surface area (Å²) in [5.41, 5.74) is 5.15. The van der Waals surface area contributed by atoms with Gasteiger partial charge in [-0.25, -0.2) is 0 Å². The van der Waals surface area contributed by atoms with Crippen LogP contribution in [0.2, 0.25) is 5.02 Å². The van der Waals surface area contributed by atoms with Gasteiger partial charge in [-0.05, 0) is 58.7 Å². The lowest BCUT2D eigenvalue weighted by molar-refractivity contribution is 0.403. The molecule has 2 aromatic carbocycles. The van der Waals surface area contributed by atoms with Crippen molar-refractivity contribution in [3.05, 3.63) is 46.5 Å². The lowest BCUT2D eigenvalue weighted by Gasteiger charge is -2.22. The van der Waals surface area contributed by atoms with Gasteiger partial charge in [0.15, 0.2) is 0 Å². The van der Waals surface area contributed by atoms with Crippen LogP contribution in [0.25, 0.3) is 21.9 Å². The van der Waals surface area contributed by atoms with E-state index in [1.807, 2.05) is 18.2 Å². The van der Waals surface area contributed by atoms with Crippen molar-refractivity contribution in [3.8, 4) is 0 Å². The molecule has 0 bridgehead atoms. The predicted octanol–water partition coefficient (Wildman–Crippen LogP) is 6.20. The van der Waals surface area contributed by atoms with Crippen LogP contribution in [-0.4, -0.2) is 0 Å². The highest BCUT2D eigenvalue weighted by Crippen LogP contribution is 2.51. The average molecular weight is 299 g/mol. The van der Waals surface area contributed by atoms with Gasteiger partial charge in [-0.2, -0.15) is 0 Å². The van der Waals surface area contributed by atoms with Crippen molar-refractivity contribution in [2.45, 2.75) is 44.9 Å². The molecule has 0 saturated carbocycles. The summed E-state index contributed by atoms with van der Waals surface area (Å²) in [6.45, 7) is 9.32. The van der Waals surface area contributed by atoms with E-state index in [1.54, 1.807) is 0 Å². The van der Waals surface area contributed by atoms with Gasteiger partial charge < -0.3 is 4.42 Å². The van der Waals surface area contributed by atoms with Crippen LogP contribution in [-0.2, 0) is 10.8 Å². The summed E-state index contributed by atoms with van der Waals surface area (Å²) in [5.74, 6) is 0. The zero-order valence-electron chi connectivity index (χ0n) is 12.9. The molecule has 0 radical (unpaired) electrons. The lowest BCUT2D eigenvalue weighted by atomic mass is 9.82. The molecule has 1 heterocycles. The Morgan fingerprint density at radius 3 is 2.19 bits per heavy atom. The van der Waals surface area contributed by atoms with E-state index in [-0.39, 0.29) is 10.8 Å². The van der Waals surface area contributed by atoms with E-state index < -0.39 is 0 Å². The highest BCUT2D eigenvalue weighted by atomic mass is 35.5. The molecule has 1 aliphatic rings. The molecule has 0 saturated heterocycles. The highest BCUT2D eigenvalue weighted by molar-refractivity contribution is 6.31. The summed E-state index contributed by atoms with van der Waals surface area (Å²) in [6.07, 6.45) is 1.17. The third kappa shape index (κ3) is 1.77. The van der Waals surface area contributed by atoms with Crippen molar-refractivity contribution < 1.29 is 4.42 Å². The summed E-state index contributed by atoms with van der Waals surface area (Å²) in [7, 11) is 0. The molecule has 0 spiro atoms. The Kier molecular flexibility index (Phi) is 2.41. The molecular formula is C19H19ClO. The Bertz CT molecular complexity index is 883. The number of fused-ring (bicyclic) bond motifs is 4. The zero-order chi connectivity index (χ0) is 15.0. The van der Waals surface area contributed by atoms with Crippen molar-refractivity contribution in [2.24, 2.45) is 0 Å². The number of hydrogen-bond acceptors (Lipinski definition) is 1. The summed E-state index contributed by atoms with van der Waals surface area (Å²) in [5, 5.41) is 3.04. The molecule has 0 N–H and O–H groups in total. The van der Waals surface area contributed by atoms with Gasteiger partial charge in [0.1, 0.15) is 11.2 Å². The first-order valence-electron chi connectivity index (χ1n) is 7.45. The number of benzene rings is 2. The Morgan fingerprint density at radius 2 is 1.48 bits per heavy atom. The van der Waals surface area contributed by atoms with Crippen LogP contribution in [0, 0.1) is 0 Å². The number of halogens is 1. The fourth-order valence-corrected chi connectivity index (χ4v) is 4.38. The molecule has 0 unspecified atom stereocenters. The minimum absolute atomic E-state index is 0.198. The van der Waals surface area contributed by atoms with Gasteiger partial charge in [0.05, 0.1) is 0 Å². The summed E-state index contributed by atoms with van der Waals surface area (Å²) < 4.78 is 6.04. The number of furan rings is 1. The van der Waals surface area contributed by atoms with E-state index in [1.165, 1.54) is 22.9 Å². The van der Waals surface area contributed by atoms with Crippen LogP contribution in [0.5, 0.6) is 0 Å². The second kappa shape index (κ2) is 3.84. The molecule has 21 heavy (non-hydrogen) atoms. The molecular weight excluding hydrogens is 280 g/mol. The lowest BCUT2D eigenvalue weighted by Crippen LogP contribution is -2.17. The first-order chi connectivity index (χ1) is 9.78. The van der Waals surface area contributed by atoms with Gasteiger partial charge in [0.2, 0.25) is 0 Å². The Hall–Kier alpha value is -1.47. The maximum Gasteiger partial charge on any atom is 0.135 e. The van der Waals surface area contributed by atoms with E-state index in [0.717, 1.165) is 21.6 Å². The van der Waals surface area contributed by atoms with Crippen LogP contribution < -0.4 is 0 Å². The minimum Gasteiger partial charge on any atom is -0.456 e.